The second kappa shape index (κ2) is 13.2. The highest BCUT2D eigenvalue weighted by Crippen LogP contribution is 2.53. The van der Waals surface area contributed by atoms with Gasteiger partial charge in [-0.2, -0.15) is 0 Å². The number of nitrogens with one attached hydrogen (secondary N) is 1. The molecule has 0 fully saturated rings. The molecule has 3 heterocycles. The molecular formula is C58H56BN3O. The average molecular weight is 827 g/mol. The monoisotopic (exact) mass is 826 g/mol. The number of anilines is 8. The van der Waals surface area contributed by atoms with Crippen molar-refractivity contribution in [3.63, 3.8) is 0 Å². The van der Waals surface area contributed by atoms with Crippen molar-refractivity contribution < 1.29 is 11.3 Å². The van der Waals surface area contributed by atoms with Gasteiger partial charge >= 0.3 is 0 Å². The number of hydrogen-bond donors (Lipinski definition) is 1. The first-order valence-corrected chi connectivity index (χ1v) is 22.7. The second-order valence-corrected chi connectivity index (χ2v) is 21.2. The molecule has 0 unspecified atom stereocenters. The molecule has 1 N–H and O–H groups in total. The summed E-state index contributed by atoms with van der Waals surface area (Å²) in [6.07, 6.45) is 4.35. The molecule has 0 atom stereocenters. The van der Waals surface area contributed by atoms with E-state index in [1.165, 1.54) is 33.2 Å². The third-order valence-electron chi connectivity index (χ3n) is 15.4. The lowest BCUT2D eigenvalue weighted by molar-refractivity contribution is 0.332. The van der Waals surface area contributed by atoms with E-state index in [0.717, 1.165) is 81.5 Å². The maximum atomic E-state index is 9.38. The quantitative estimate of drug-likeness (QED) is 0.179. The van der Waals surface area contributed by atoms with E-state index < -0.39 is 6.04 Å². The van der Waals surface area contributed by atoms with Crippen molar-refractivity contribution >= 4 is 90.5 Å². The zero-order valence-electron chi connectivity index (χ0n) is 42.6. The Morgan fingerprint density at radius 3 is 1.84 bits per heavy atom. The van der Waals surface area contributed by atoms with E-state index in [1.807, 2.05) is 47.4 Å². The summed E-state index contributed by atoms with van der Waals surface area (Å²) in [5.41, 5.74) is 17.0. The van der Waals surface area contributed by atoms with Crippen LogP contribution in [0, 0.1) is 0 Å². The summed E-state index contributed by atoms with van der Waals surface area (Å²) in [5, 5.41) is 6.08. The van der Waals surface area contributed by atoms with Crippen molar-refractivity contribution in [2.24, 2.45) is 0 Å². The molecule has 0 bridgehead atoms. The molecule has 4 nitrogen and oxygen atoms in total. The van der Waals surface area contributed by atoms with Gasteiger partial charge in [-0.25, -0.2) is 0 Å². The fourth-order valence-corrected chi connectivity index (χ4v) is 11.7. The standard InChI is InChI=1S/C58H56BN3O/c1-55(2)26-28-57(5,6)42-34-46-44(32-40(42)55)59-45-33-41-43(58(7,8)29-27-56(41,3)4)35-49(45)62(48-23-17-25-52-53(48)39-22-15-16-24-51(39)63-52)50-31-38(30-47(60-46)54(50)59)61(36-18-11-9-12-19-36)37-20-13-10-14-21-37/h9-25,30-35,60H,26-29H2,1-8H3/i9D,11D,12D,18D,19D. The summed E-state index contributed by atoms with van der Waals surface area (Å²) in [5.74, 6) is 0. The number of rotatable bonds is 4. The van der Waals surface area contributed by atoms with E-state index in [0.29, 0.717) is 11.4 Å². The van der Waals surface area contributed by atoms with Crippen LogP contribution < -0.4 is 31.5 Å². The fraction of sp³-hybridized carbons (Fsp3) is 0.276. The van der Waals surface area contributed by atoms with Gasteiger partial charge in [0.1, 0.15) is 11.2 Å². The van der Waals surface area contributed by atoms with Crippen molar-refractivity contribution in [1.29, 1.82) is 0 Å². The summed E-state index contributed by atoms with van der Waals surface area (Å²) in [7, 11) is 0. The van der Waals surface area contributed by atoms with Gasteiger partial charge in [0, 0.05) is 39.5 Å². The van der Waals surface area contributed by atoms with E-state index in [9.17, 15) is 2.74 Å². The second-order valence-electron chi connectivity index (χ2n) is 21.2. The molecule has 0 saturated carbocycles. The first-order chi connectivity index (χ1) is 32.3. The maximum absolute atomic E-state index is 9.38. The molecule has 0 spiro atoms. The largest absolute Gasteiger partial charge is 0.456 e. The van der Waals surface area contributed by atoms with Gasteiger partial charge in [0.25, 0.3) is 6.71 Å². The van der Waals surface area contributed by atoms with Gasteiger partial charge in [0.05, 0.1) is 23.6 Å². The lowest BCUT2D eigenvalue weighted by Crippen LogP contribution is -2.61. The molecule has 0 radical (unpaired) electrons. The smallest absolute Gasteiger partial charge is 0.252 e. The molecule has 0 saturated heterocycles. The number of furan rings is 1. The van der Waals surface area contributed by atoms with Crippen molar-refractivity contribution in [1.82, 2.24) is 0 Å². The lowest BCUT2D eigenvalue weighted by Gasteiger charge is -2.47. The van der Waals surface area contributed by atoms with Gasteiger partial charge in [-0.3, -0.25) is 0 Å². The van der Waals surface area contributed by atoms with Crippen LogP contribution in [0.3, 0.4) is 0 Å². The Morgan fingerprint density at radius 1 is 0.540 bits per heavy atom. The van der Waals surface area contributed by atoms with Crippen LogP contribution in [-0.2, 0) is 21.7 Å². The molecule has 12 rings (SSSR count). The van der Waals surface area contributed by atoms with E-state index in [2.05, 4.69) is 132 Å². The number of benzene rings is 7. The van der Waals surface area contributed by atoms with E-state index >= 15 is 0 Å². The van der Waals surface area contributed by atoms with Crippen molar-refractivity contribution in [3.05, 3.63) is 162 Å². The summed E-state index contributed by atoms with van der Waals surface area (Å²) in [6, 6.07) is 36.9. The number of para-hydroxylation sites is 3. The Kier molecular flexibility index (Phi) is 6.98. The molecule has 312 valence electrons. The number of nitrogens with zero attached hydrogens (tertiary/aromatic N) is 2. The van der Waals surface area contributed by atoms with Crippen molar-refractivity contribution in [2.45, 2.75) is 103 Å². The lowest BCUT2D eigenvalue weighted by atomic mass is 9.33. The summed E-state index contributed by atoms with van der Waals surface area (Å²) in [6.45, 7) is 19.0. The predicted octanol–water partition coefficient (Wildman–Crippen LogP) is 14.1. The van der Waals surface area contributed by atoms with Crippen LogP contribution in [0.25, 0.3) is 21.9 Å². The Labute approximate surface area is 380 Å². The minimum atomic E-state index is -0.425. The van der Waals surface area contributed by atoms with Crippen LogP contribution >= 0.6 is 0 Å². The molecule has 4 aliphatic rings. The van der Waals surface area contributed by atoms with Gasteiger partial charge in [0.15, 0.2) is 0 Å². The van der Waals surface area contributed by atoms with Crippen LogP contribution in [0.2, 0.25) is 0 Å². The Balaban J connectivity index is 1.24. The Bertz CT molecular complexity index is 3450. The minimum absolute atomic E-state index is 0.0175. The third kappa shape index (κ3) is 5.67. The average Bonchev–Trinajstić information content (AvgIpc) is 3.71. The maximum Gasteiger partial charge on any atom is 0.252 e. The zero-order valence-corrected chi connectivity index (χ0v) is 37.6. The molecule has 7 aromatic carbocycles. The van der Waals surface area contributed by atoms with Crippen LogP contribution in [0.1, 0.15) is 110 Å². The Morgan fingerprint density at radius 2 is 1.14 bits per heavy atom. The van der Waals surface area contributed by atoms with Crippen LogP contribution in [0.15, 0.2) is 144 Å². The van der Waals surface area contributed by atoms with Gasteiger partial charge in [-0.1, -0.05) is 128 Å². The summed E-state index contributed by atoms with van der Waals surface area (Å²) in [4.78, 5) is 4.29. The van der Waals surface area contributed by atoms with Gasteiger partial charge in [0.2, 0.25) is 0 Å². The molecular weight excluding hydrogens is 765 g/mol. The molecule has 2 aliphatic heterocycles. The highest BCUT2D eigenvalue weighted by molar-refractivity contribution is 7.00. The zero-order chi connectivity index (χ0) is 47.6. The van der Waals surface area contributed by atoms with E-state index in [4.69, 9.17) is 8.53 Å². The Hall–Kier alpha value is -6.20. The number of hydrogen-bond acceptors (Lipinski definition) is 4. The van der Waals surface area contributed by atoms with Gasteiger partial charge in [-0.05, 0) is 153 Å². The van der Waals surface area contributed by atoms with E-state index in [1.54, 1.807) is 0 Å². The molecule has 0 amide bonds. The predicted molar refractivity (Wildman–Crippen MR) is 268 cm³/mol. The molecule has 5 heteroatoms. The minimum Gasteiger partial charge on any atom is -0.456 e. The van der Waals surface area contributed by atoms with E-state index in [-0.39, 0.29) is 58.2 Å². The summed E-state index contributed by atoms with van der Waals surface area (Å²) >= 11 is 0. The van der Waals surface area contributed by atoms with Crippen LogP contribution in [0.4, 0.5) is 45.5 Å². The molecule has 2 aliphatic carbocycles. The normalized spacial score (nSPS) is 19.3. The first kappa shape index (κ1) is 33.4. The molecule has 8 aromatic rings. The molecule has 1 aromatic heterocycles. The first-order valence-electron chi connectivity index (χ1n) is 25.2. The third-order valence-corrected chi connectivity index (χ3v) is 15.4. The topological polar surface area (TPSA) is 31.6 Å². The van der Waals surface area contributed by atoms with Gasteiger partial charge < -0.3 is 19.5 Å². The highest BCUT2D eigenvalue weighted by atomic mass is 16.3. The van der Waals surface area contributed by atoms with Gasteiger partial charge in [-0.15, -0.1) is 0 Å². The van der Waals surface area contributed by atoms with Crippen molar-refractivity contribution in [2.75, 3.05) is 15.1 Å². The summed E-state index contributed by atoms with van der Waals surface area (Å²) < 4.78 is 51.7. The fourth-order valence-electron chi connectivity index (χ4n) is 11.7. The number of fused-ring (bicyclic) bond motifs is 9. The SMILES string of the molecule is [2H]c1c([2H])c([2H])c(N(c2ccccc2)c2cc3c4c(c2)N(c2cccc5oc6ccccc6c25)c2cc5c(cc2B4c2cc4c(cc2N3)C(C)(C)CCC4(C)C)C(C)(C)CCC5(C)C)c([2H])c1[2H]. The van der Waals surface area contributed by atoms with Crippen LogP contribution in [-0.4, -0.2) is 6.71 Å². The molecule has 63 heavy (non-hydrogen) atoms. The van der Waals surface area contributed by atoms with Crippen LogP contribution in [0.5, 0.6) is 0 Å². The highest BCUT2D eigenvalue weighted by Gasteiger charge is 2.47. The van der Waals surface area contributed by atoms with Crippen molar-refractivity contribution in [3.8, 4) is 0 Å².